The van der Waals surface area contributed by atoms with E-state index >= 15 is 0 Å². The Balaban J connectivity index is 2.10. The van der Waals surface area contributed by atoms with Crippen molar-refractivity contribution >= 4 is 15.9 Å². The lowest BCUT2D eigenvalue weighted by molar-refractivity contribution is 0.523. The highest BCUT2D eigenvalue weighted by Crippen LogP contribution is 2.19. The Bertz CT molecular complexity index is 631. The van der Waals surface area contributed by atoms with Gasteiger partial charge in [-0.1, -0.05) is 12.1 Å². The second-order valence-corrected chi connectivity index (χ2v) is 5.73. The van der Waals surface area contributed by atoms with Crippen LogP contribution in [0, 0.1) is 17.5 Å². The van der Waals surface area contributed by atoms with Crippen molar-refractivity contribution in [3.63, 3.8) is 0 Å². The van der Waals surface area contributed by atoms with Gasteiger partial charge in [-0.3, -0.25) is 0 Å². The van der Waals surface area contributed by atoms with Crippen molar-refractivity contribution in [1.82, 2.24) is 5.32 Å². The highest BCUT2D eigenvalue weighted by molar-refractivity contribution is 9.10. The standard InChI is InChI=1S/C16H15BrF3N/c1-21-13(6-10-2-5-15(19)14(17)7-10)8-11-3-4-12(18)9-16(11)20/h2-5,7,9,13,21H,6,8H2,1H3. The van der Waals surface area contributed by atoms with E-state index in [1.54, 1.807) is 19.2 Å². The van der Waals surface area contributed by atoms with Crippen LogP contribution >= 0.6 is 15.9 Å². The third-order valence-corrected chi connectivity index (χ3v) is 3.96. The second kappa shape index (κ2) is 7.09. The average Bonchev–Trinajstić information content (AvgIpc) is 2.44. The van der Waals surface area contributed by atoms with Gasteiger partial charge < -0.3 is 5.32 Å². The fourth-order valence-electron chi connectivity index (χ4n) is 2.18. The molecule has 1 N–H and O–H groups in total. The molecule has 0 fully saturated rings. The van der Waals surface area contributed by atoms with Gasteiger partial charge in [0.2, 0.25) is 0 Å². The normalized spacial score (nSPS) is 12.4. The van der Waals surface area contributed by atoms with Gasteiger partial charge in [-0.05, 0) is 65.1 Å². The van der Waals surface area contributed by atoms with Crippen LogP contribution < -0.4 is 5.32 Å². The van der Waals surface area contributed by atoms with E-state index in [4.69, 9.17) is 0 Å². The minimum absolute atomic E-state index is 0.0256. The summed E-state index contributed by atoms with van der Waals surface area (Å²) in [6.45, 7) is 0. The number of hydrogen-bond donors (Lipinski definition) is 1. The molecule has 0 spiro atoms. The van der Waals surface area contributed by atoms with Crippen molar-refractivity contribution < 1.29 is 13.2 Å². The summed E-state index contributed by atoms with van der Waals surface area (Å²) in [5.74, 6) is -1.44. The number of likely N-dealkylation sites (N-methyl/N-ethyl adjacent to an activating group) is 1. The molecule has 0 amide bonds. The van der Waals surface area contributed by atoms with Crippen molar-refractivity contribution in [2.75, 3.05) is 7.05 Å². The summed E-state index contributed by atoms with van der Waals surface area (Å²) in [7, 11) is 1.78. The van der Waals surface area contributed by atoms with Gasteiger partial charge in [0.05, 0.1) is 4.47 Å². The molecule has 112 valence electrons. The fraction of sp³-hybridized carbons (Fsp3) is 0.250. The second-order valence-electron chi connectivity index (χ2n) is 4.88. The Hall–Kier alpha value is -1.33. The monoisotopic (exact) mass is 357 g/mol. The number of benzene rings is 2. The van der Waals surface area contributed by atoms with E-state index < -0.39 is 11.6 Å². The number of hydrogen-bond acceptors (Lipinski definition) is 1. The largest absolute Gasteiger partial charge is 0.316 e. The van der Waals surface area contributed by atoms with E-state index in [-0.39, 0.29) is 11.9 Å². The lowest BCUT2D eigenvalue weighted by Crippen LogP contribution is -2.30. The van der Waals surface area contributed by atoms with Crippen molar-refractivity contribution in [1.29, 1.82) is 0 Å². The van der Waals surface area contributed by atoms with E-state index in [9.17, 15) is 13.2 Å². The molecule has 2 aromatic rings. The molecule has 5 heteroatoms. The molecule has 0 aliphatic rings. The van der Waals surface area contributed by atoms with Gasteiger partial charge in [-0.15, -0.1) is 0 Å². The van der Waals surface area contributed by atoms with Gasteiger partial charge in [0, 0.05) is 12.1 Å². The van der Waals surface area contributed by atoms with E-state index in [2.05, 4.69) is 21.2 Å². The van der Waals surface area contributed by atoms with Gasteiger partial charge in [0.1, 0.15) is 17.5 Å². The first-order valence-corrected chi connectivity index (χ1v) is 7.34. The molecule has 0 saturated carbocycles. The van der Waals surface area contributed by atoms with Crippen LogP contribution in [0.3, 0.4) is 0 Å². The Morgan fingerprint density at radius 1 is 1.00 bits per heavy atom. The maximum Gasteiger partial charge on any atom is 0.137 e. The first kappa shape index (κ1) is 16.0. The third-order valence-electron chi connectivity index (χ3n) is 3.36. The molecule has 2 aromatic carbocycles. The highest BCUT2D eigenvalue weighted by Gasteiger charge is 2.13. The Morgan fingerprint density at radius 3 is 2.38 bits per heavy atom. The summed E-state index contributed by atoms with van der Waals surface area (Å²) < 4.78 is 40.2. The molecule has 0 radical (unpaired) electrons. The quantitative estimate of drug-likeness (QED) is 0.843. The molecular weight excluding hydrogens is 343 g/mol. The summed E-state index contributed by atoms with van der Waals surface area (Å²) in [6.07, 6.45) is 1.05. The lowest BCUT2D eigenvalue weighted by Gasteiger charge is -2.17. The summed E-state index contributed by atoms with van der Waals surface area (Å²) in [4.78, 5) is 0. The van der Waals surface area contributed by atoms with E-state index in [0.29, 0.717) is 22.9 Å². The topological polar surface area (TPSA) is 12.0 Å². The molecule has 0 aliphatic heterocycles. The summed E-state index contributed by atoms with van der Waals surface area (Å²) in [5.41, 5.74) is 1.39. The van der Waals surface area contributed by atoms with E-state index in [0.717, 1.165) is 11.6 Å². The number of halogens is 4. The lowest BCUT2D eigenvalue weighted by atomic mass is 9.98. The van der Waals surface area contributed by atoms with Crippen LogP contribution in [0.2, 0.25) is 0 Å². The summed E-state index contributed by atoms with van der Waals surface area (Å²) in [6, 6.07) is 8.37. The van der Waals surface area contributed by atoms with E-state index in [1.165, 1.54) is 18.2 Å². The molecule has 0 saturated heterocycles. The molecule has 1 atom stereocenters. The predicted octanol–water partition coefficient (Wildman–Crippen LogP) is 4.24. The zero-order valence-electron chi connectivity index (χ0n) is 11.5. The molecule has 1 nitrogen and oxygen atoms in total. The average molecular weight is 358 g/mol. The van der Waals surface area contributed by atoms with Gasteiger partial charge in [0.25, 0.3) is 0 Å². The number of nitrogens with one attached hydrogen (secondary N) is 1. The first-order chi connectivity index (χ1) is 9.99. The van der Waals surface area contributed by atoms with Crippen LogP contribution in [0.4, 0.5) is 13.2 Å². The smallest absolute Gasteiger partial charge is 0.137 e. The fourth-order valence-corrected chi connectivity index (χ4v) is 2.61. The zero-order valence-corrected chi connectivity index (χ0v) is 13.1. The molecule has 1 unspecified atom stereocenters. The maximum absolute atomic E-state index is 13.7. The van der Waals surface area contributed by atoms with Crippen molar-refractivity contribution in [2.45, 2.75) is 18.9 Å². The van der Waals surface area contributed by atoms with Crippen LogP contribution in [0.15, 0.2) is 40.9 Å². The highest BCUT2D eigenvalue weighted by atomic mass is 79.9. The first-order valence-electron chi connectivity index (χ1n) is 6.54. The molecule has 0 bridgehead atoms. The summed E-state index contributed by atoms with van der Waals surface area (Å²) >= 11 is 3.15. The van der Waals surface area contributed by atoms with Crippen LogP contribution in [0.1, 0.15) is 11.1 Å². The van der Waals surface area contributed by atoms with Gasteiger partial charge in [-0.25, -0.2) is 13.2 Å². The minimum atomic E-state index is -0.584. The zero-order chi connectivity index (χ0) is 15.4. The Kier molecular flexibility index (Phi) is 5.42. The molecule has 0 heterocycles. The molecular formula is C16H15BrF3N. The molecule has 0 aliphatic carbocycles. The van der Waals surface area contributed by atoms with E-state index in [1.807, 2.05) is 0 Å². The third kappa shape index (κ3) is 4.32. The van der Waals surface area contributed by atoms with Crippen LogP contribution in [-0.2, 0) is 12.8 Å². The summed E-state index contributed by atoms with van der Waals surface area (Å²) in [5, 5.41) is 3.11. The van der Waals surface area contributed by atoms with Crippen molar-refractivity contribution in [3.05, 3.63) is 69.4 Å². The molecule has 21 heavy (non-hydrogen) atoms. The van der Waals surface area contributed by atoms with Crippen LogP contribution in [-0.4, -0.2) is 13.1 Å². The SMILES string of the molecule is CNC(Cc1ccc(F)c(Br)c1)Cc1ccc(F)cc1F. The Labute approximate surface area is 130 Å². The van der Waals surface area contributed by atoms with Crippen LogP contribution in [0.5, 0.6) is 0 Å². The Morgan fingerprint density at radius 2 is 1.76 bits per heavy atom. The van der Waals surface area contributed by atoms with Crippen molar-refractivity contribution in [2.24, 2.45) is 0 Å². The maximum atomic E-state index is 13.7. The predicted molar refractivity (Wildman–Crippen MR) is 80.7 cm³/mol. The van der Waals surface area contributed by atoms with Gasteiger partial charge >= 0.3 is 0 Å². The van der Waals surface area contributed by atoms with Gasteiger partial charge in [0.15, 0.2) is 0 Å². The van der Waals surface area contributed by atoms with Crippen LogP contribution in [0.25, 0.3) is 0 Å². The van der Waals surface area contributed by atoms with Gasteiger partial charge in [-0.2, -0.15) is 0 Å². The minimum Gasteiger partial charge on any atom is -0.316 e. The molecule has 0 aromatic heterocycles. The van der Waals surface area contributed by atoms with Crippen molar-refractivity contribution in [3.8, 4) is 0 Å². The molecule has 2 rings (SSSR count). The number of rotatable bonds is 5.